The lowest BCUT2D eigenvalue weighted by Gasteiger charge is -2.22. The first-order valence-electron chi connectivity index (χ1n) is 6.35. The monoisotopic (exact) mass is 352 g/mol. The van der Waals surface area contributed by atoms with E-state index in [-0.39, 0.29) is 18.0 Å². The molecule has 0 spiro atoms. The fraction of sp³-hybridized carbons (Fsp3) is 0.692. The zero-order valence-electron chi connectivity index (χ0n) is 12.9. The van der Waals surface area contributed by atoms with Crippen molar-refractivity contribution in [3.63, 3.8) is 0 Å². The molecule has 0 N–H and O–H groups in total. The van der Waals surface area contributed by atoms with Crippen molar-refractivity contribution < 1.29 is 33.4 Å². The Morgan fingerprint density at radius 1 is 1.18 bits per heavy atom. The van der Waals surface area contributed by atoms with Gasteiger partial charge in [0.25, 0.3) is 0 Å². The molecule has 0 aromatic carbocycles. The van der Waals surface area contributed by atoms with Crippen molar-refractivity contribution in [1.29, 1.82) is 0 Å². The van der Waals surface area contributed by atoms with Crippen molar-refractivity contribution >= 4 is 47.4 Å². The number of carbonyl (C=O) groups is 4. The average Bonchev–Trinajstić information content (AvgIpc) is 2.42. The maximum Gasteiger partial charge on any atom is 0.371 e. The third-order valence-corrected chi connectivity index (χ3v) is 4.10. The summed E-state index contributed by atoms with van der Waals surface area (Å²) < 4.78 is 12.6. The SMILES string of the molecule is COC(=O)[C@H](CS)CC(=O)C(C)(C)SC(=O)OCOC(C)=O. The van der Waals surface area contributed by atoms with E-state index in [9.17, 15) is 19.2 Å². The van der Waals surface area contributed by atoms with Gasteiger partial charge in [-0.15, -0.1) is 0 Å². The summed E-state index contributed by atoms with van der Waals surface area (Å²) in [7, 11) is 1.23. The molecule has 0 rings (SSSR count). The normalized spacial score (nSPS) is 12.2. The van der Waals surface area contributed by atoms with Gasteiger partial charge >= 0.3 is 17.2 Å². The lowest BCUT2D eigenvalue weighted by atomic mass is 9.97. The van der Waals surface area contributed by atoms with Crippen LogP contribution < -0.4 is 0 Å². The molecule has 0 unspecified atom stereocenters. The zero-order valence-corrected chi connectivity index (χ0v) is 14.6. The van der Waals surface area contributed by atoms with Crippen LogP contribution in [0.2, 0.25) is 0 Å². The summed E-state index contributed by atoms with van der Waals surface area (Å²) in [6, 6.07) is 0. The van der Waals surface area contributed by atoms with Gasteiger partial charge in [0.05, 0.1) is 17.8 Å². The molecule has 0 aliphatic rings. The summed E-state index contributed by atoms with van der Waals surface area (Å²) in [4.78, 5) is 45.8. The summed E-state index contributed by atoms with van der Waals surface area (Å²) in [5.74, 6) is -1.93. The lowest BCUT2D eigenvalue weighted by molar-refractivity contribution is -0.148. The van der Waals surface area contributed by atoms with Crippen molar-refractivity contribution in [3.8, 4) is 0 Å². The number of rotatable bonds is 8. The Balaban J connectivity index is 4.52. The van der Waals surface area contributed by atoms with E-state index in [0.717, 1.165) is 0 Å². The van der Waals surface area contributed by atoms with Crippen LogP contribution in [0.5, 0.6) is 0 Å². The minimum absolute atomic E-state index is 0.0899. The molecule has 0 amide bonds. The topological polar surface area (TPSA) is 96.0 Å². The first-order valence-corrected chi connectivity index (χ1v) is 7.80. The number of Topliss-reactive ketones (excluding diaryl/α,β-unsaturated/α-hetero) is 1. The van der Waals surface area contributed by atoms with Crippen LogP contribution in [0.3, 0.4) is 0 Å². The van der Waals surface area contributed by atoms with Gasteiger partial charge in [-0.2, -0.15) is 12.6 Å². The van der Waals surface area contributed by atoms with Gasteiger partial charge in [-0.25, -0.2) is 4.79 Å². The second-order valence-corrected chi connectivity index (χ2v) is 6.71. The highest BCUT2D eigenvalue weighted by Crippen LogP contribution is 2.30. The number of thioether (sulfide) groups is 1. The van der Waals surface area contributed by atoms with Crippen LogP contribution in [0, 0.1) is 5.92 Å². The van der Waals surface area contributed by atoms with Gasteiger partial charge in [-0.3, -0.25) is 14.4 Å². The number of carbonyl (C=O) groups excluding carboxylic acids is 4. The highest BCUT2D eigenvalue weighted by Gasteiger charge is 2.35. The van der Waals surface area contributed by atoms with E-state index in [0.29, 0.717) is 11.8 Å². The van der Waals surface area contributed by atoms with Crippen LogP contribution in [0.1, 0.15) is 27.2 Å². The third-order valence-electron chi connectivity index (χ3n) is 2.64. The van der Waals surface area contributed by atoms with Crippen molar-refractivity contribution in [2.75, 3.05) is 19.7 Å². The number of ketones is 1. The fourth-order valence-electron chi connectivity index (χ4n) is 1.31. The number of hydrogen-bond donors (Lipinski definition) is 1. The number of hydrogen-bond acceptors (Lipinski definition) is 9. The van der Waals surface area contributed by atoms with E-state index in [2.05, 4.69) is 26.8 Å². The molecule has 0 radical (unpaired) electrons. The van der Waals surface area contributed by atoms with Crippen LogP contribution in [-0.2, 0) is 28.6 Å². The fourth-order valence-corrected chi connectivity index (χ4v) is 2.31. The Bertz CT molecular complexity index is 434. The molecular weight excluding hydrogens is 332 g/mol. The van der Waals surface area contributed by atoms with Gasteiger partial charge in [-0.1, -0.05) is 0 Å². The largest absolute Gasteiger partial charge is 0.469 e. The van der Waals surface area contributed by atoms with Gasteiger partial charge < -0.3 is 14.2 Å². The molecule has 0 bridgehead atoms. The minimum Gasteiger partial charge on any atom is -0.469 e. The smallest absolute Gasteiger partial charge is 0.371 e. The van der Waals surface area contributed by atoms with E-state index in [1.54, 1.807) is 13.8 Å². The van der Waals surface area contributed by atoms with Gasteiger partial charge in [0, 0.05) is 19.1 Å². The quantitative estimate of drug-likeness (QED) is 0.401. The number of esters is 2. The van der Waals surface area contributed by atoms with Crippen LogP contribution >= 0.6 is 24.4 Å². The van der Waals surface area contributed by atoms with E-state index in [4.69, 9.17) is 0 Å². The highest BCUT2D eigenvalue weighted by atomic mass is 32.2. The Morgan fingerprint density at radius 2 is 1.77 bits per heavy atom. The van der Waals surface area contributed by atoms with Crippen molar-refractivity contribution in [3.05, 3.63) is 0 Å². The summed E-state index contributed by atoms with van der Waals surface area (Å²) in [5, 5.41) is -0.750. The Morgan fingerprint density at radius 3 is 2.23 bits per heavy atom. The first-order chi connectivity index (χ1) is 10.1. The molecule has 0 fully saturated rings. The standard InChI is InChI=1S/C13H20O7S2/c1-8(14)19-7-20-12(17)22-13(2,3)10(15)5-9(6-21)11(16)18-4/h9,21H,5-7H2,1-4H3/t9-/m0/s1. The first kappa shape index (κ1) is 20.8. The van der Waals surface area contributed by atoms with Crippen LogP contribution in [-0.4, -0.2) is 47.4 Å². The van der Waals surface area contributed by atoms with Gasteiger partial charge in [0.15, 0.2) is 0 Å². The Kier molecular flexibility index (Phi) is 9.19. The number of ether oxygens (including phenoxy) is 3. The van der Waals surface area contributed by atoms with E-state index in [1.807, 2.05) is 0 Å². The Hall–Kier alpha value is -1.22. The molecule has 1 atom stereocenters. The second-order valence-electron chi connectivity index (χ2n) is 4.79. The molecule has 7 nitrogen and oxygen atoms in total. The summed E-state index contributed by atoms with van der Waals surface area (Å²) in [5.41, 5.74) is 0. The molecule has 22 heavy (non-hydrogen) atoms. The molecular formula is C13H20O7S2. The van der Waals surface area contributed by atoms with E-state index in [1.165, 1.54) is 14.0 Å². The molecule has 0 heterocycles. The number of thiol groups is 1. The van der Waals surface area contributed by atoms with Crippen molar-refractivity contribution in [2.45, 2.75) is 31.9 Å². The maximum absolute atomic E-state index is 12.2. The van der Waals surface area contributed by atoms with Crippen LogP contribution in [0.15, 0.2) is 0 Å². The van der Waals surface area contributed by atoms with E-state index >= 15 is 0 Å². The van der Waals surface area contributed by atoms with Gasteiger partial charge in [0.2, 0.25) is 6.79 Å². The van der Waals surface area contributed by atoms with Gasteiger partial charge in [-0.05, 0) is 25.6 Å². The van der Waals surface area contributed by atoms with Crippen LogP contribution in [0.4, 0.5) is 4.79 Å². The lowest BCUT2D eigenvalue weighted by Crippen LogP contribution is -2.34. The van der Waals surface area contributed by atoms with Gasteiger partial charge in [0.1, 0.15) is 5.78 Å². The minimum atomic E-state index is -1.09. The molecule has 9 heteroatoms. The van der Waals surface area contributed by atoms with Crippen LogP contribution in [0.25, 0.3) is 0 Å². The molecule has 0 aromatic heterocycles. The molecule has 0 aromatic rings. The highest BCUT2D eigenvalue weighted by molar-refractivity contribution is 8.15. The predicted molar refractivity (Wildman–Crippen MR) is 83.8 cm³/mol. The van der Waals surface area contributed by atoms with Crippen molar-refractivity contribution in [2.24, 2.45) is 5.92 Å². The summed E-state index contributed by atoms with van der Waals surface area (Å²) in [6.07, 6.45) is -0.0899. The molecule has 0 aliphatic carbocycles. The molecule has 126 valence electrons. The average molecular weight is 352 g/mol. The summed E-state index contributed by atoms with van der Waals surface area (Å²) in [6.45, 7) is 3.76. The second kappa shape index (κ2) is 9.73. The molecule has 0 saturated carbocycles. The molecule has 0 saturated heterocycles. The Labute approximate surface area is 138 Å². The third kappa shape index (κ3) is 7.69. The summed E-state index contributed by atoms with van der Waals surface area (Å²) >= 11 is 4.67. The maximum atomic E-state index is 12.2. The zero-order chi connectivity index (χ0) is 17.3. The molecule has 0 aliphatic heterocycles. The predicted octanol–water partition coefficient (Wildman–Crippen LogP) is 1.83. The number of methoxy groups -OCH3 is 1. The van der Waals surface area contributed by atoms with E-state index < -0.39 is 34.7 Å². The van der Waals surface area contributed by atoms with Crippen molar-refractivity contribution in [1.82, 2.24) is 0 Å².